The molecule has 7 heteroatoms. The van der Waals surface area contributed by atoms with Crippen molar-refractivity contribution in [2.75, 3.05) is 12.4 Å². The summed E-state index contributed by atoms with van der Waals surface area (Å²) in [5.74, 6) is 0.240. The maximum Gasteiger partial charge on any atom is 0.256 e. The van der Waals surface area contributed by atoms with Crippen LogP contribution in [0.25, 0.3) is 5.82 Å². The SMILES string of the molecule is COC(C)(C)C(=O)Nc1cccnc1-n1cncn1. The first-order valence-electron chi connectivity index (χ1n) is 5.71. The predicted molar refractivity (Wildman–Crippen MR) is 68.9 cm³/mol. The fourth-order valence-corrected chi connectivity index (χ4v) is 1.36. The summed E-state index contributed by atoms with van der Waals surface area (Å²) < 4.78 is 6.62. The number of methoxy groups -OCH3 is 1. The number of carbonyl (C=O) groups is 1. The van der Waals surface area contributed by atoms with Crippen molar-refractivity contribution in [2.24, 2.45) is 0 Å². The maximum atomic E-state index is 12.1. The monoisotopic (exact) mass is 261 g/mol. The summed E-state index contributed by atoms with van der Waals surface area (Å²) in [5.41, 5.74) is -0.377. The number of nitrogens with zero attached hydrogens (tertiary/aromatic N) is 4. The summed E-state index contributed by atoms with van der Waals surface area (Å²) in [6.45, 7) is 3.38. The fourth-order valence-electron chi connectivity index (χ4n) is 1.36. The average molecular weight is 261 g/mol. The van der Waals surface area contributed by atoms with E-state index in [9.17, 15) is 4.79 Å². The number of nitrogens with one attached hydrogen (secondary N) is 1. The number of rotatable bonds is 4. The molecule has 0 saturated heterocycles. The van der Waals surface area contributed by atoms with Crippen molar-refractivity contribution < 1.29 is 9.53 Å². The van der Waals surface area contributed by atoms with Gasteiger partial charge in [0.1, 0.15) is 18.3 Å². The van der Waals surface area contributed by atoms with Crippen molar-refractivity contribution in [3.05, 3.63) is 31.0 Å². The Bertz CT molecular complexity index is 565. The summed E-state index contributed by atoms with van der Waals surface area (Å²) in [6.07, 6.45) is 4.53. The molecule has 0 unspecified atom stereocenters. The summed E-state index contributed by atoms with van der Waals surface area (Å²) >= 11 is 0. The van der Waals surface area contributed by atoms with Crippen LogP contribution in [0.15, 0.2) is 31.0 Å². The molecule has 19 heavy (non-hydrogen) atoms. The lowest BCUT2D eigenvalue weighted by Gasteiger charge is -2.22. The van der Waals surface area contributed by atoms with Crippen LogP contribution < -0.4 is 5.32 Å². The first-order valence-corrected chi connectivity index (χ1v) is 5.71. The van der Waals surface area contributed by atoms with Gasteiger partial charge >= 0.3 is 0 Å². The normalized spacial score (nSPS) is 11.3. The van der Waals surface area contributed by atoms with Crippen molar-refractivity contribution in [3.63, 3.8) is 0 Å². The molecule has 0 atom stereocenters. The lowest BCUT2D eigenvalue weighted by atomic mass is 10.1. The van der Waals surface area contributed by atoms with Crippen LogP contribution in [0.1, 0.15) is 13.8 Å². The minimum Gasteiger partial charge on any atom is -0.369 e. The number of anilines is 1. The highest BCUT2D eigenvalue weighted by Gasteiger charge is 2.27. The molecule has 1 amide bonds. The van der Waals surface area contributed by atoms with Gasteiger partial charge in [-0.3, -0.25) is 4.79 Å². The van der Waals surface area contributed by atoms with Gasteiger partial charge in [0.05, 0.1) is 5.69 Å². The van der Waals surface area contributed by atoms with Gasteiger partial charge in [0.25, 0.3) is 5.91 Å². The lowest BCUT2D eigenvalue weighted by Crippen LogP contribution is -2.39. The zero-order valence-corrected chi connectivity index (χ0v) is 11.0. The van der Waals surface area contributed by atoms with Gasteiger partial charge in [0.2, 0.25) is 0 Å². The smallest absolute Gasteiger partial charge is 0.256 e. The molecule has 0 bridgehead atoms. The van der Waals surface area contributed by atoms with E-state index in [1.165, 1.54) is 24.4 Å². The van der Waals surface area contributed by atoms with E-state index in [0.717, 1.165) is 0 Å². The number of hydrogen-bond acceptors (Lipinski definition) is 5. The van der Waals surface area contributed by atoms with Crippen LogP contribution in [0, 0.1) is 0 Å². The number of hydrogen-bond donors (Lipinski definition) is 1. The zero-order chi connectivity index (χ0) is 13.9. The van der Waals surface area contributed by atoms with Gasteiger partial charge in [0, 0.05) is 13.3 Å². The third kappa shape index (κ3) is 2.76. The minimum atomic E-state index is -0.921. The molecule has 0 radical (unpaired) electrons. The molecule has 0 spiro atoms. The van der Waals surface area contributed by atoms with E-state index < -0.39 is 5.60 Å². The Hall–Kier alpha value is -2.28. The van der Waals surface area contributed by atoms with Gasteiger partial charge in [-0.25, -0.2) is 14.6 Å². The van der Waals surface area contributed by atoms with Crippen molar-refractivity contribution in [1.82, 2.24) is 19.7 Å². The average Bonchev–Trinajstić information content (AvgIpc) is 2.93. The Morgan fingerprint density at radius 1 is 1.47 bits per heavy atom. The van der Waals surface area contributed by atoms with Crippen LogP contribution in [-0.2, 0) is 9.53 Å². The molecule has 1 N–H and O–H groups in total. The first-order chi connectivity index (χ1) is 9.04. The lowest BCUT2D eigenvalue weighted by molar-refractivity contribution is -0.133. The van der Waals surface area contributed by atoms with Gasteiger partial charge in [-0.2, -0.15) is 5.10 Å². The van der Waals surface area contributed by atoms with Crippen LogP contribution >= 0.6 is 0 Å². The highest BCUT2D eigenvalue weighted by molar-refractivity contribution is 5.97. The molecular weight excluding hydrogens is 246 g/mol. The Morgan fingerprint density at radius 3 is 2.89 bits per heavy atom. The molecule has 2 aromatic heterocycles. The molecule has 0 aliphatic heterocycles. The third-order valence-corrected chi connectivity index (χ3v) is 2.73. The van der Waals surface area contributed by atoms with Crippen molar-refractivity contribution in [3.8, 4) is 5.82 Å². The number of carbonyl (C=O) groups excluding carboxylic acids is 1. The van der Waals surface area contributed by atoms with E-state index in [4.69, 9.17) is 4.74 Å². The van der Waals surface area contributed by atoms with E-state index in [1.807, 2.05) is 0 Å². The fraction of sp³-hybridized carbons (Fsp3) is 0.333. The molecule has 7 nitrogen and oxygen atoms in total. The zero-order valence-electron chi connectivity index (χ0n) is 11.0. The first kappa shape index (κ1) is 13.2. The van der Waals surface area contributed by atoms with E-state index in [1.54, 1.807) is 32.2 Å². The van der Waals surface area contributed by atoms with E-state index in [0.29, 0.717) is 11.5 Å². The van der Waals surface area contributed by atoms with E-state index >= 15 is 0 Å². The standard InChI is InChI=1S/C12H15N5O2/c1-12(2,19-3)11(18)16-9-5-4-6-14-10(9)17-8-13-7-15-17/h4-8H,1-3H3,(H,16,18). The van der Waals surface area contributed by atoms with Crippen molar-refractivity contribution in [2.45, 2.75) is 19.4 Å². The van der Waals surface area contributed by atoms with Gasteiger partial charge < -0.3 is 10.1 Å². The molecule has 2 heterocycles. The predicted octanol–water partition coefficient (Wildman–Crippen LogP) is 1.03. The number of pyridine rings is 1. The highest BCUT2D eigenvalue weighted by Crippen LogP contribution is 2.18. The Morgan fingerprint density at radius 2 is 2.26 bits per heavy atom. The summed E-state index contributed by atoms with van der Waals surface area (Å²) in [6, 6.07) is 3.48. The van der Waals surface area contributed by atoms with Crippen LogP contribution in [-0.4, -0.2) is 38.4 Å². The summed E-state index contributed by atoms with van der Waals surface area (Å²) in [5, 5.41) is 6.77. The number of aromatic nitrogens is 4. The summed E-state index contributed by atoms with van der Waals surface area (Å²) in [7, 11) is 1.49. The van der Waals surface area contributed by atoms with Crippen LogP contribution in [0.4, 0.5) is 5.69 Å². The molecule has 2 rings (SSSR count). The molecule has 0 aliphatic rings. The highest BCUT2D eigenvalue weighted by atomic mass is 16.5. The quantitative estimate of drug-likeness (QED) is 0.888. The van der Waals surface area contributed by atoms with Gasteiger partial charge in [0.15, 0.2) is 5.82 Å². The van der Waals surface area contributed by atoms with Crippen molar-refractivity contribution in [1.29, 1.82) is 0 Å². The maximum absolute atomic E-state index is 12.1. The molecule has 100 valence electrons. The second-order valence-corrected chi connectivity index (χ2v) is 4.38. The Labute approximate surface area is 110 Å². The largest absolute Gasteiger partial charge is 0.369 e. The van der Waals surface area contributed by atoms with Crippen LogP contribution in [0.3, 0.4) is 0 Å². The van der Waals surface area contributed by atoms with Gasteiger partial charge in [-0.15, -0.1) is 0 Å². The minimum absolute atomic E-state index is 0.260. The number of ether oxygens (including phenoxy) is 1. The van der Waals surface area contributed by atoms with Gasteiger partial charge in [-0.1, -0.05) is 0 Å². The number of amides is 1. The van der Waals surface area contributed by atoms with E-state index in [-0.39, 0.29) is 5.91 Å². The summed E-state index contributed by atoms with van der Waals surface area (Å²) in [4.78, 5) is 20.1. The van der Waals surface area contributed by atoms with Gasteiger partial charge in [-0.05, 0) is 26.0 Å². The molecule has 2 aromatic rings. The Balaban J connectivity index is 2.29. The molecule has 0 fully saturated rings. The Kier molecular flexibility index (Phi) is 3.57. The van der Waals surface area contributed by atoms with Crippen LogP contribution in [0.5, 0.6) is 0 Å². The van der Waals surface area contributed by atoms with Crippen molar-refractivity contribution >= 4 is 11.6 Å². The van der Waals surface area contributed by atoms with Crippen LogP contribution in [0.2, 0.25) is 0 Å². The molecule has 0 aliphatic carbocycles. The molecule has 0 saturated carbocycles. The third-order valence-electron chi connectivity index (χ3n) is 2.73. The topological polar surface area (TPSA) is 81.9 Å². The molecular formula is C12H15N5O2. The molecule has 0 aromatic carbocycles. The second kappa shape index (κ2) is 5.15. The second-order valence-electron chi connectivity index (χ2n) is 4.38. The van der Waals surface area contributed by atoms with E-state index in [2.05, 4.69) is 20.4 Å².